The zero-order valence-electron chi connectivity index (χ0n) is 58.7. The Morgan fingerprint density at radius 3 is 1.23 bits per heavy atom. The number of nitro groups is 7. The van der Waals surface area contributed by atoms with Gasteiger partial charge in [-0.05, 0) is 40.9 Å². The van der Waals surface area contributed by atoms with Gasteiger partial charge in [0.1, 0.15) is 138 Å². The second kappa shape index (κ2) is 46.4. The lowest BCUT2D eigenvalue weighted by molar-refractivity contribution is -0.394. The fourth-order valence-electron chi connectivity index (χ4n) is 8.72. The summed E-state index contributed by atoms with van der Waals surface area (Å²) in [5.41, 5.74) is 0.410. The van der Waals surface area contributed by atoms with Gasteiger partial charge in [-0.1, -0.05) is 5.21 Å². The summed E-state index contributed by atoms with van der Waals surface area (Å²) in [6.45, 7) is -6.40. The smallest absolute Gasteiger partial charge is 0.394 e. The molecule has 0 spiro atoms. The molecule has 8 aromatic rings. The van der Waals surface area contributed by atoms with Gasteiger partial charge in [0.25, 0.3) is 0 Å². The maximum atomic E-state index is 12.6. The van der Waals surface area contributed by atoms with Gasteiger partial charge in [0.15, 0.2) is 81.3 Å². The molecule has 0 radical (unpaired) electrons. The summed E-state index contributed by atoms with van der Waals surface area (Å²) < 4.78 is 170. The minimum absolute atomic E-state index is 0.0891. The van der Waals surface area contributed by atoms with Gasteiger partial charge in [-0.3, -0.25) is 18.8 Å². The van der Waals surface area contributed by atoms with Crippen LogP contribution in [0.3, 0.4) is 0 Å². The topological polar surface area (TPSA) is 639 Å². The molecule has 9 rings (SSSR count). The van der Waals surface area contributed by atoms with Gasteiger partial charge in [0, 0.05) is 25.7 Å². The van der Waals surface area contributed by atoms with Crippen molar-refractivity contribution in [1.82, 2.24) is 81.9 Å². The van der Waals surface area contributed by atoms with Crippen LogP contribution in [0.1, 0.15) is 56.5 Å². The van der Waals surface area contributed by atoms with Crippen molar-refractivity contribution in [2.24, 2.45) is 0 Å². The number of nitrogens with zero attached hydrogens (tertiary/aromatic N) is 24. The normalized spacial score (nSPS) is 15.4. The lowest BCUT2D eigenvalue weighted by Crippen LogP contribution is -2.36. The standard InChI is InChI=1S/C9H8F5N3O3.C9H11FN6O3.C8H8F3N3O3.C8H10FN3O5.C8H10FN3O3.C7H10FN3O4.C6H8FN3O3/c10-8(11,9(12,13)14)2-1-6(18)4-16-5-15-3-7(16)17(19)20;10-1-8(5-17)15-4-7(12-13-15)3-14-6-11-2-9(14)16(18)19;9-8(10,11)2-1-6(15)4-13-5-12-3-7(13)14(16)17;9-1-4-6(13)7(14)8(17-4)11-3-10-2-5(11)12(15)16;9-3-1-2-7(13)5-11-6-10-4-8(11)12(14)15;8-1-5(12)6(13)3-10-4-9-2-7(10)11(14)15;7-1-5(11)3-9-4-8-2-6(9)10(12)13/h3,5H,1-2,4H2;2,4,6,8,17H,1,3,5H2;3,5H,1-2,4H2;2-4,6-8,13-14H,1H2;4,6H,1-3,5H2;2,4-6,12-13H,1,3H2;2,4-5,11H,1,3H2. The van der Waals surface area contributed by atoms with Crippen LogP contribution < -0.4 is 0 Å². The number of imidazole rings is 7. The molecule has 116 heavy (non-hydrogen) atoms. The molecule has 8 atom stereocenters. The van der Waals surface area contributed by atoms with E-state index < -0.39 is 209 Å². The molecule has 6 N–H and O–H groups in total. The number of rotatable bonds is 35. The lowest BCUT2D eigenvalue weighted by Gasteiger charge is -2.18. The number of hydrogen-bond acceptors (Lipinski definition) is 33. The number of carbonyl (C=O) groups excluding carboxylic acids is 3. The van der Waals surface area contributed by atoms with Gasteiger partial charge in [0.2, 0.25) is 6.23 Å². The molecule has 0 amide bonds. The molecular formula is C55H65F13N24O24. The highest BCUT2D eigenvalue weighted by atomic mass is 19.4. The van der Waals surface area contributed by atoms with Crippen molar-refractivity contribution in [2.45, 2.75) is 145 Å². The number of hydrogen-bond donors (Lipinski definition) is 6. The van der Waals surface area contributed by atoms with Gasteiger partial charge in [-0.15, -0.1) is 5.10 Å². The molecule has 1 aliphatic heterocycles. The number of halogens is 13. The molecule has 1 saturated heterocycles. The maximum absolute atomic E-state index is 12.6. The molecule has 8 unspecified atom stereocenters. The highest BCUT2D eigenvalue weighted by Crippen LogP contribution is 2.39. The molecule has 0 aliphatic carbocycles. The van der Waals surface area contributed by atoms with Crippen LogP contribution in [0.15, 0.2) is 93.9 Å². The van der Waals surface area contributed by atoms with E-state index in [1.165, 1.54) is 34.4 Å². The number of alkyl halides is 13. The van der Waals surface area contributed by atoms with Crippen molar-refractivity contribution < 1.29 is 141 Å². The second-order valence-corrected chi connectivity index (χ2v) is 23.0. The Hall–Kier alpha value is -12.8. The number of aromatic nitrogens is 17. The fraction of sp³-hybridized carbons (Fsp3) is 0.527. The quantitative estimate of drug-likeness (QED) is 0.0185. The number of ether oxygens (including phenoxy) is 1. The van der Waals surface area contributed by atoms with Crippen LogP contribution in [0.25, 0.3) is 0 Å². The SMILES string of the molecule is O=C(CCC(F)(F)C(F)(F)F)Cn1cncc1[N+](=O)[O-].O=C(CCC(F)(F)F)Cn1cncc1[N+](=O)[O-].O=C(CCCF)Cn1cncc1[N+](=O)[O-].O=[N+]([O-])c1cncn1C1OC(CF)C(O)C1O.O=[N+]([O-])c1cncn1CC(O)C(O)CF.O=[N+]([O-])c1cncn1CC(O)CF.O=[N+]([O-])c1cncn1Cc1cn(C(CO)CF)nn1. The third-order valence-corrected chi connectivity index (χ3v) is 14.5. The van der Waals surface area contributed by atoms with Crippen molar-refractivity contribution in [3.63, 3.8) is 0 Å². The van der Waals surface area contributed by atoms with E-state index in [1.54, 1.807) is 0 Å². The summed E-state index contributed by atoms with van der Waals surface area (Å²) in [5, 5.41) is 136. The fourth-order valence-corrected chi connectivity index (χ4v) is 8.72. The maximum Gasteiger partial charge on any atom is 0.453 e. The van der Waals surface area contributed by atoms with E-state index in [-0.39, 0.29) is 68.1 Å². The molecule has 0 saturated carbocycles. The molecule has 48 nitrogen and oxygen atoms in total. The number of ketones is 3. The molecule has 8 aromatic heterocycles. The highest BCUT2D eigenvalue weighted by molar-refractivity contribution is 5.79. The third kappa shape index (κ3) is 31.0. The van der Waals surface area contributed by atoms with Crippen LogP contribution in [-0.4, -0.2) is 259 Å². The summed E-state index contributed by atoms with van der Waals surface area (Å²) >= 11 is 0. The Kier molecular flexibility index (Phi) is 39.0. The van der Waals surface area contributed by atoms with Crippen LogP contribution in [0, 0.1) is 70.8 Å². The molecule has 0 bridgehead atoms. The van der Waals surface area contributed by atoms with Crippen LogP contribution in [-0.2, 0) is 58.4 Å². The van der Waals surface area contributed by atoms with Crippen LogP contribution in [0.4, 0.5) is 97.8 Å². The first-order valence-corrected chi connectivity index (χ1v) is 31.9. The summed E-state index contributed by atoms with van der Waals surface area (Å²) in [6.07, 6.45) is -7.74. The Morgan fingerprint density at radius 1 is 0.483 bits per heavy atom. The van der Waals surface area contributed by atoms with E-state index in [9.17, 15) is 158 Å². The number of Topliss-reactive ketones (excluding diaryl/α,β-unsaturated/α-hetero) is 3. The van der Waals surface area contributed by atoms with E-state index >= 15 is 0 Å². The highest BCUT2D eigenvalue weighted by Gasteiger charge is 2.57. The number of carbonyl (C=O) groups is 3. The van der Waals surface area contributed by atoms with Crippen molar-refractivity contribution in [3.05, 3.63) is 170 Å². The first kappa shape index (κ1) is 97.4. The molecule has 9 heterocycles. The van der Waals surface area contributed by atoms with Gasteiger partial charge < -0.3 is 106 Å². The Balaban J connectivity index is 0.000000351. The molecule has 640 valence electrons. The van der Waals surface area contributed by atoms with Gasteiger partial charge in [0.05, 0.1) is 25.9 Å². The van der Waals surface area contributed by atoms with Crippen LogP contribution in [0.5, 0.6) is 0 Å². The van der Waals surface area contributed by atoms with Crippen molar-refractivity contribution in [1.29, 1.82) is 0 Å². The zero-order valence-corrected chi connectivity index (χ0v) is 58.7. The molecule has 1 aliphatic rings. The summed E-state index contributed by atoms with van der Waals surface area (Å²) in [5.74, 6) is -9.29. The first-order valence-electron chi connectivity index (χ1n) is 31.9. The van der Waals surface area contributed by atoms with E-state index in [0.717, 1.165) is 96.1 Å². The van der Waals surface area contributed by atoms with Crippen molar-refractivity contribution >= 4 is 58.1 Å². The molecule has 1 fully saturated rings. The number of aliphatic hydroxyl groups is 6. The Labute approximate surface area is 635 Å². The van der Waals surface area contributed by atoms with Gasteiger partial charge in [-0.2, -0.15) is 39.7 Å². The molecular weight excluding hydrogens is 1630 g/mol. The Bertz CT molecular complexity index is 4470. The first-order chi connectivity index (χ1) is 54.4. The largest absolute Gasteiger partial charge is 0.453 e. The van der Waals surface area contributed by atoms with E-state index in [4.69, 9.17) is 20.1 Å². The average molecular weight is 1690 g/mol. The molecule has 61 heteroatoms. The van der Waals surface area contributed by atoms with E-state index in [1.807, 2.05) is 0 Å². The number of aliphatic hydroxyl groups excluding tert-OH is 6. The zero-order chi connectivity index (χ0) is 87.5. The third-order valence-electron chi connectivity index (χ3n) is 14.5. The lowest BCUT2D eigenvalue weighted by atomic mass is 10.1. The predicted molar refractivity (Wildman–Crippen MR) is 351 cm³/mol. The molecule has 0 aromatic carbocycles. The summed E-state index contributed by atoms with van der Waals surface area (Å²) in [6, 6.07) is -0.793. The minimum Gasteiger partial charge on any atom is -0.394 e. The van der Waals surface area contributed by atoms with Gasteiger partial charge in [-0.25, -0.2) is 84.5 Å². The van der Waals surface area contributed by atoms with Crippen molar-refractivity contribution in [3.8, 4) is 0 Å². The monoisotopic (exact) mass is 1690 g/mol. The van der Waals surface area contributed by atoms with Gasteiger partial charge >= 0.3 is 59.0 Å². The van der Waals surface area contributed by atoms with Crippen LogP contribution in [0.2, 0.25) is 0 Å². The Morgan fingerprint density at radius 2 is 0.862 bits per heavy atom. The van der Waals surface area contributed by atoms with Crippen molar-refractivity contribution in [2.75, 3.05) is 40.0 Å². The summed E-state index contributed by atoms with van der Waals surface area (Å²) in [4.78, 5) is 127. The predicted octanol–water partition coefficient (Wildman–Crippen LogP) is 4.07. The summed E-state index contributed by atoms with van der Waals surface area (Å²) in [7, 11) is 0. The van der Waals surface area contributed by atoms with E-state index in [0.29, 0.717) is 5.69 Å². The van der Waals surface area contributed by atoms with E-state index in [2.05, 4.69) is 45.2 Å². The van der Waals surface area contributed by atoms with Crippen LogP contribution >= 0.6 is 0 Å². The second-order valence-electron chi connectivity index (χ2n) is 23.0. The minimum atomic E-state index is -5.73. The average Bonchev–Trinajstić information content (AvgIpc) is 1.64.